The number of ether oxygens (including phenoxy) is 2. The molecule has 5 nitrogen and oxygen atoms in total. The summed E-state index contributed by atoms with van der Waals surface area (Å²) in [5, 5.41) is 7.57. The van der Waals surface area contributed by atoms with E-state index in [1.54, 1.807) is 25.6 Å². The fourth-order valence-electron chi connectivity index (χ4n) is 2.46. The highest BCUT2D eigenvalue weighted by Gasteiger charge is 2.08. The number of nitrogens with one attached hydrogen (secondary N) is 1. The van der Waals surface area contributed by atoms with E-state index in [1.807, 2.05) is 12.1 Å². The summed E-state index contributed by atoms with van der Waals surface area (Å²) in [7, 11) is 5.38. The zero-order chi connectivity index (χ0) is 18.1. The molecule has 0 atom stereocenters. The van der Waals surface area contributed by atoms with Crippen molar-refractivity contribution in [3.05, 3.63) is 46.2 Å². The molecular weight excluding hydrogens is 461 g/mol. The Bertz CT molecular complexity index is 677. The highest BCUT2D eigenvalue weighted by Crippen LogP contribution is 2.27. The molecule has 7 heteroatoms. The van der Waals surface area contributed by atoms with Crippen LogP contribution in [0.5, 0.6) is 11.5 Å². The molecule has 1 N–H and O–H groups in total. The van der Waals surface area contributed by atoms with Crippen molar-refractivity contribution in [2.24, 2.45) is 4.99 Å². The lowest BCUT2D eigenvalue weighted by Gasteiger charge is -2.22. The standard InChI is InChI=1S/C19H27N3O2S.HI/c1-5-20-19(21-13-16-9-11-25-14-16)22(2)10-8-15-6-7-17(23-3)18(12-15)24-4;/h6-7,9,11-12,14H,5,8,10,13H2,1-4H3,(H,20,21);1H. The van der Waals surface area contributed by atoms with Crippen LogP contribution in [0, 0.1) is 0 Å². The zero-order valence-electron chi connectivity index (χ0n) is 15.8. The van der Waals surface area contributed by atoms with Crippen LogP contribution >= 0.6 is 35.3 Å². The van der Waals surface area contributed by atoms with E-state index in [1.165, 1.54) is 11.1 Å². The second kappa shape index (κ2) is 12.0. The summed E-state index contributed by atoms with van der Waals surface area (Å²) in [6, 6.07) is 8.16. The van der Waals surface area contributed by atoms with Gasteiger partial charge in [0.15, 0.2) is 17.5 Å². The van der Waals surface area contributed by atoms with Crippen molar-refractivity contribution in [1.29, 1.82) is 0 Å². The van der Waals surface area contributed by atoms with Crippen LogP contribution in [0.15, 0.2) is 40.0 Å². The van der Waals surface area contributed by atoms with Gasteiger partial charge in [-0.25, -0.2) is 4.99 Å². The molecule has 2 rings (SSSR count). The number of thiophene rings is 1. The van der Waals surface area contributed by atoms with E-state index in [0.29, 0.717) is 6.54 Å². The van der Waals surface area contributed by atoms with Crippen molar-refractivity contribution in [2.75, 3.05) is 34.4 Å². The second-order valence-corrected chi connectivity index (χ2v) is 6.44. The van der Waals surface area contributed by atoms with Crippen molar-refractivity contribution >= 4 is 41.3 Å². The Morgan fingerprint density at radius 3 is 2.54 bits per heavy atom. The molecular formula is C19H28IN3O2S. The number of rotatable bonds is 8. The summed E-state index contributed by atoms with van der Waals surface area (Å²) in [6.45, 7) is 4.50. The van der Waals surface area contributed by atoms with Crippen LogP contribution in [0.1, 0.15) is 18.1 Å². The molecule has 0 saturated carbocycles. The van der Waals surface area contributed by atoms with Crippen molar-refractivity contribution in [3.63, 3.8) is 0 Å². The van der Waals surface area contributed by atoms with Crippen LogP contribution < -0.4 is 14.8 Å². The molecule has 0 aliphatic carbocycles. The monoisotopic (exact) mass is 489 g/mol. The molecule has 0 saturated heterocycles. The molecule has 0 bridgehead atoms. The van der Waals surface area contributed by atoms with Crippen LogP contribution in [0.4, 0.5) is 0 Å². The topological polar surface area (TPSA) is 46.1 Å². The first kappa shape index (κ1) is 22.6. The first-order chi connectivity index (χ1) is 12.2. The van der Waals surface area contributed by atoms with E-state index in [-0.39, 0.29) is 24.0 Å². The normalized spacial score (nSPS) is 10.8. The van der Waals surface area contributed by atoms with Gasteiger partial charge in [0.1, 0.15) is 0 Å². The van der Waals surface area contributed by atoms with Crippen LogP contribution in [0.25, 0.3) is 0 Å². The lowest BCUT2D eigenvalue weighted by Crippen LogP contribution is -2.39. The maximum Gasteiger partial charge on any atom is 0.193 e. The molecule has 0 spiro atoms. The molecule has 0 unspecified atom stereocenters. The van der Waals surface area contributed by atoms with Gasteiger partial charge < -0.3 is 19.7 Å². The van der Waals surface area contributed by atoms with Crippen LogP contribution in [-0.2, 0) is 13.0 Å². The summed E-state index contributed by atoms with van der Waals surface area (Å²) >= 11 is 1.70. The molecule has 144 valence electrons. The molecule has 1 heterocycles. The van der Waals surface area contributed by atoms with Gasteiger partial charge in [-0.15, -0.1) is 24.0 Å². The van der Waals surface area contributed by atoms with Gasteiger partial charge >= 0.3 is 0 Å². The van der Waals surface area contributed by atoms with Crippen molar-refractivity contribution in [1.82, 2.24) is 10.2 Å². The van der Waals surface area contributed by atoms with E-state index < -0.39 is 0 Å². The Labute approximate surface area is 177 Å². The zero-order valence-corrected chi connectivity index (χ0v) is 19.0. The van der Waals surface area contributed by atoms with Crippen molar-refractivity contribution in [3.8, 4) is 11.5 Å². The number of hydrogen-bond acceptors (Lipinski definition) is 4. The van der Waals surface area contributed by atoms with Gasteiger partial charge in [-0.2, -0.15) is 11.3 Å². The SMILES string of the molecule is CCNC(=NCc1ccsc1)N(C)CCc1ccc(OC)c(OC)c1.I. The third-order valence-corrected chi connectivity index (χ3v) is 4.60. The van der Waals surface area contributed by atoms with Gasteiger partial charge in [-0.3, -0.25) is 0 Å². The van der Waals surface area contributed by atoms with Gasteiger partial charge in [0.05, 0.1) is 20.8 Å². The number of nitrogens with zero attached hydrogens (tertiary/aromatic N) is 2. The average molecular weight is 489 g/mol. The highest BCUT2D eigenvalue weighted by atomic mass is 127. The van der Waals surface area contributed by atoms with Crippen molar-refractivity contribution in [2.45, 2.75) is 19.9 Å². The number of guanidine groups is 1. The fourth-order valence-corrected chi connectivity index (χ4v) is 3.12. The summed E-state index contributed by atoms with van der Waals surface area (Å²) in [5.41, 5.74) is 2.45. The summed E-state index contributed by atoms with van der Waals surface area (Å²) < 4.78 is 10.7. The van der Waals surface area contributed by atoms with E-state index in [9.17, 15) is 0 Å². The van der Waals surface area contributed by atoms with E-state index in [2.05, 4.69) is 47.1 Å². The number of likely N-dealkylation sites (N-methyl/N-ethyl adjacent to an activating group) is 1. The minimum atomic E-state index is 0. The Balaban J connectivity index is 0.00000338. The lowest BCUT2D eigenvalue weighted by molar-refractivity contribution is 0.354. The summed E-state index contributed by atoms with van der Waals surface area (Å²) in [5.74, 6) is 2.44. The average Bonchev–Trinajstić information content (AvgIpc) is 3.16. The van der Waals surface area contributed by atoms with Gasteiger partial charge in [0.2, 0.25) is 0 Å². The molecule has 0 amide bonds. The molecule has 0 radical (unpaired) electrons. The minimum Gasteiger partial charge on any atom is -0.493 e. The molecule has 26 heavy (non-hydrogen) atoms. The van der Waals surface area contributed by atoms with Gasteiger partial charge in [-0.05, 0) is 53.4 Å². The second-order valence-electron chi connectivity index (χ2n) is 5.66. The molecule has 0 aliphatic rings. The number of benzene rings is 1. The van der Waals surface area contributed by atoms with Crippen LogP contribution in [-0.4, -0.2) is 45.2 Å². The third kappa shape index (κ3) is 6.68. The first-order valence-corrected chi connectivity index (χ1v) is 9.33. The van der Waals surface area contributed by atoms with E-state index >= 15 is 0 Å². The maximum absolute atomic E-state index is 5.38. The number of methoxy groups -OCH3 is 2. The van der Waals surface area contributed by atoms with Crippen molar-refractivity contribution < 1.29 is 9.47 Å². The molecule has 1 aromatic heterocycles. The molecule has 0 fully saturated rings. The minimum absolute atomic E-state index is 0. The number of aliphatic imine (C=N–C) groups is 1. The smallest absolute Gasteiger partial charge is 0.193 e. The van der Waals surface area contributed by atoms with Crippen LogP contribution in [0.2, 0.25) is 0 Å². The Morgan fingerprint density at radius 2 is 1.92 bits per heavy atom. The van der Waals surface area contributed by atoms with Crippen LogP contribution in [0.3, 0.4) is 0 Å². The van der Waals surface area contributed by atoms with Gasteiger partial charge in [-0.1, -0.05) is 6.07 Å². The summed E-state index contributed by atoms with van der Waals surface area (Å²) in [4.78, 5) is 6.88. The Hall–Kier alpha value is -1.48. The summed E-state index contributed by atoms with van der Waals surface area (Å²) in [6.07, 6.45) is 0.902. The molecule has 0 aliphatic heterocycles. The van der Waals surface area contributed by atoms with E-state index in [0.717, 1.165) is 37.0 Å². The quantitative estimate of drug-likeness (QED) is 0.346. The molecule has 2 aromatic rings. The van der Waals surface area contributed by atoms with E-state index in [4.69, 9.17) is 14.5 Å². The first-order valence-electron chi connectivity index (χ1n) is 8.39. The maximum atomic E-state index is 5.38. The van der Waals surface area contributed by atoms with Gasteiger partial charge in [0, 0.05) is 20.1 Å². The van der Waals surface area contributed by atoms with Gasteiger partial charge in [0.25, 0.3) is 0 Å². The predicted octanol–water partition coefficient (Wildman–Crippen LogP) is 4.02. The predicted molar refractivity (Wildman–Crippen MR) is 120 cm³/mol. The number of halogens is 1. The fraction of sp³-hybridized carbons (Fsp3) is 0.421. The largest absolute Gasteiger partial charge is 0.493 e. The molecule has 1 aromatic carbocycles. The highest BCUT2D eigenvalue weighted by molar-refractivity contribution is 14.0. The Morgan fingerprint density at radius 1 is 1.15 bits per heavy atom. The Kier molecular flexibility index (Phi) is 10.4. The third-order valence-electron chi connectivity index (χ3n) is 3.87. The number of hydrogen-bond donors (Lipinski definition) is 1. The lowest BCUT2D eigenvalue weighted by atomic mass is 10.1.